The third kappa shape index (κ3) is 5.82. The van der Waals surface area contributed by atoms with Crippen LogP contribution in [0.3, 0.4) is 0 Å². The van der Waals surface area contributed by atoms with Gasteiger partial charge in [0.25, 0.3) is 0 Å². The lowest BCUT2D eigenvalue weighted by Crippen LogP contribution is -2.37. The number of carbonyl (C=O) groups is 2. The monoisotopic (exact) mass is 408 g/mol. The van der Waals surface area contributed by atoms with E-state index >= 15 is 0 Å². The van der Waals surface area contributed by atoms with Crippen LogP contribution in [0.25, 0.3) is 0 Å². The number of thiazole rings is 2. The van der Waals surface area contributed by atoms with Crippen LogP contribution in [0, 0.1) is 12.8 Å². The largest absolute Gasteiger partial charge is 0.466 e. The third-order valence-corrected chi connectivity index (χ3v) is 6.05. The van der Waals surface area contributed by atoms with Gasteiger partial charge in [0, 0.05) is 23.2 Å². The molecule has 9 heteroatoms. The average molecular weight is 409 g/mol. The van der Waals surface area contributed by atoms with E-state index in [-0.39, 0.29) is 24.2 Å². The van der Waals surface area contributed by atoms with Crippen LogP contribution in [0.5, 0.6) is 0 Å². The Bertz CT molecular complexity index is 781. The first-order chi connectivity index (χ1) is 13.0. The predicted molar refractivity (Wildman–Crippen MR) is 106 cm³/mol. The molecule has 27 heavy (non-hydrogen) atoms. The van der Waals surface area contributed by atoms with Crippen LogP contribution in [-0.2, 0) is 27.3 Å². The number of carbonyl (C=O) groups excluding carboxylic acids is 2. The van der Waals surface area contributed by atoms with E-state index in [9.17, 15) is 9.59 Å². The molecular formula is C18H24N4O3S2. The number of anilines is 1. The number of hydrogen-bond donors (Lipinski definition) is 1. The molecule has 2 aromatic heterocycles. The van der Waals surface area contributed by atoms with Gasteiger partial charge in [0.15, 0.2) is 5.13 Å². The van der Waals surface area contributed by atoms with Gasteiger partial charge in [-0.05, 0) is 39.8 Å². The van der Waals surface area contributed by atoms with Crippen molar-refractivity contribution in [2.45, 2.75) is 39.7 Å². The minimum Gasteiger partial charge on any atom is -0.466 e. The maximum atomic E-state index is 12.5. The average Bonchev–Trinajstić information content (AvgIpc) is 3.24. The van der Waals surface area contributed by atoms with E-state index in [0.29, 0.717) is 17.4 Å². The fourth-order valence-corrected chi connectivity index (χ4v) is 4.39. The predicted octanol–water partition coefficient (Wildman–Crippen LogP) is 2.86. The lowest BCUT2D eigenvalue weighted by molar-refractivity contribution is -0.142. The topological polar surface area (TPSA) is 84.4 Å². The van der Waals surface area contributed by atoms with Crippen LogP contribution in [0.4, 0.5) is 5.13 Å². The van der Waals surface area contributed by atoms with Gasteiger partial charge >= 0.3 is 5.97 Å². The van der Waals surface area contributed by atoms with Gasteiger partial charge < -0.3 is 10.1 Å². The number of hydrogen-bond acceptors (Lipinski definition) is 8. The molecule has 0 saturated carbocycles. The number of rotatable bonds is 7. The highest BCUT2D eigenvalue weighted by Crippen LogP contribution is 2.23. The number of piperidine rings is 1. The number of aryl methyl sites for hydroxylation is 1. The molecule has 146 valence electrons. The summed E-state index contributed by atoms with van der Waals surface area (Å²) < 4.78 is 4.92. The summed E-state index contributed by atoms with van der Waals surface area (Å²) in [5.74, 6) is -0.296. The molecule has 2 aromatic rings. The molecule has 1 aliphatic heterocycles. The van der Waals surface area contributed by atoms with Gasteiger partial charge in [0.2, 0.25) is 5.91 Å². The summed E-state index contributed by atoms with van der Waals surface area (Å²) in [5, 5.41) is 8.41. The molecule has 1 saturated heterocycles. The van der Waals surface area contributed by atoms with E-state index < -0.39 is 0 Å². The first kappa shape index (κ1) is 19.9. The van der Waals surface area contributed by atoms with E-state index in [2.05, 4.69) is 25.6 Å². The third-order valence-electron chi connectivity index (χ3n) is 4.42. The standard InChI is InChI=1S/C18H24N4O3S2/c1-3-25-16(23)8-14-10-27-18(20-14)21-17(24)13-4-6-22(7-5-13)9-15-11-26-12(2)19-15/h10-11,13H,3-9H2,1-2H3,(H,20,21,24). The first-order valence-corrected chi connectivity index (χ1v) is 10.8. The number of likely N-dealkylation sites (tertiary alicyclic amines) is 1. The van der Waals surface area contributed by atoms with Gasteiger partial charge in [-0.2, -0.15) is 0 Å². The summed E-state index contributed by atoms with van der Waals surface area (Å²) in [5.41, 5.74) is 1.74. The molecule has 1 aliphatic rings. The fourth-order valence-electron chi connectivity index (χ4n) is 3.08. The van der Waals surface area contributed by atoms with Gasteiger partial charge in [-0.1, -0.05) is 0 Å². The Morgan fingerprint density at radius 1 is 1.22 bits per heavy atom. The summed E-state index contributed by atoms with van der Waals surface area (Å²) >= 11 is 3.01. The van der Waals surface area contributed by atoms with Crippen LogP contribution >= 0.6 is 22.7 Å². The first-order valence-electron chi connectivity index (χ1n) is 9.07. The molecular weight excluding hydrogens is 384 g/mol. The second kappa shape index (κ2) is 9.38. The normalized spacial score (nSPS) is 15.6. The van der Waals surface area contributed by atoms with Crippen LogP contribution in [-0.4, -0.2) is 46.4 Å². The molecule has 1 fully saturated rings. The highest BCUT2D eigenvalue weighted by molar-refractivity contribution is 7.14. The van der Waals surface area contributed by atoms with Gasteiger partial charge in [-0.15, -0.1) is 22.7 Å². The number of nitrogens with zero attached hydrogens (tertiary/aromatic N) is 3. The second-order valence-corrected chi connectivity index (χ2v) is 8.44. The van der Waals surface area contributed by atoms with Crippen LogP contribution in [0.1, 0.15) is 36.2 Å². The number of esters is 1. The van der Waals surface area contributed by atoms with Gasteiger partial charge in [0.05, 0.1) is 29.4 Å². The van der Waals surface area contributed by atoms with Crippen molar-refractivity contribution in [1.29, 1.82) is 0 Å². The summed E-state index contributed by atoms with van der Waals surface area (Å²) in [6, 6.07) is 0. The van der Waals surface area contributed by atoms with Crippen LogP contribution in [0.15, 0.2) is 10.8 Å². The summed E-state index contributed by atoms with van der Waals surface area (Å²) in [7, 11) is 0. The quantitative estimate of drug-likeness (QED) is 0.709. The Kier molecular flexibility index (Phi) is 6.92. The smallest absolute Gasteiger partial charge is 0.311 e. The molecule has 7 nitrogen and oxygen atoms in total. The van der Waals surface area contributed by atoms with Crippen molar-refractivity contribution >= 4 is 39.7 Å². The molecule has 0 bridgehead atoms. The molecule has 1 amide bonds. The molecule has 3 heterocycles. The van der Waals surface area contributed by atoms with Gasteiger partial charge in [0.1, 0.15) is 0 Å². The number of amides is 1. The Morgan fingerprint density at radius 2 is 1.96 bits per heavy atom. The second-order valence-electron chi connectivity index (χ2n) is 6.52. The molecule has 0 aromatic carbocycles. The van der Waals surface area contributed by atoms with Crippen molar-refractivity contribution in [3.05, 3.63) is 27.2 Å². The Balaban J connectivity index is 1.44. The zero-order valence-electron chi connectivity index (χ0n) is 15.6. The molecule has 0 atom stereocenters. The molecule has 0 aliphatic carbocycles. The highest BCUT2D eigenvalue weighted by atomic mass is 32.1. The zero-order chi connectivity index (χ0) is 19.2. The maximum Gasteiger partial charge on any atom is 0.311 e. The van der Waals surface area contributed by atoms with E-state index in [4.69, 9.17) is 4.74 Å². The number of aromatic nitrogens is 2. The minimum absolute atomic E-state index is 0.00386. The SMILES string of the molecule is CCOC(=O)Cc1csc(NC(=O)C2CCN(Cc3csc(C)n3)CC2)n1. The zero-order valence-corrected chi connectivity index (χ0v) is 17.2. The van der Waals surface area contributed by atoms with Crippen molar-refractivity contribution in [3.63, 3.8) is 0 Å². The maximum absolute atomic E-state index is 12.5. The van der Waals surface area contributed by atoms with Crippen LogP contribution in [0.2, 0.25) is 0 Å². The summed E-state index contributed by atoms with van der Waals surface area (Å²) in [4.78, 5) is 35.2. The van der Waals surface area contributed by atoms with E-state index in [0.717, 1.165) is 43.2 Å². The minimum atomic E-state index is -0.302. The summed E-state index contributed by atoms with van der Waals surface area (Å²) in [6.07, 6.45) is 1.79. The number of nitrogens with one attached hydrogen (secondary N) is 1. The van der Waals surface area contributed by atoms with Crippen molar-refractivity contribution in [3.8, 4) is 0 Å². The summed E-state index contributed by atoms with van der Waals surface area (Å²) in [6.45, 7) is 6.77. The fraction of sp³-hybridized carbons (Fsp3) is 0.556. The van der Waals surface area contributed by atoms with Crippen molar-refractivity contribution in [1.82, 2.24) is 14.9 Å². The van der Waals surface area contributed by atoms with Crippen molar-refractivity contribution in [2.75, 3.05) is 25.0 Å². The Morgan fingerprint density at radius 3 is 2.63 bits per heavy atom. The lowest BCUT2D eigenvalue weighted by atomic mass is 9.96. The number of ether oxygens (including phenoxy) is 1. The van der Waals surface area contributed by atoms with Gasteiger partial charge in [-0.3, -0.25) is 14.5 Å². The van der Waals surface area contributed by atoms with E-state index in [1.54, 1.807) is 23.6 Å². The van der Waals surface area contributed by atoms with Gasteiger partial charge in [-0.25, -0.2) is 9.97 Å². The molecule has 0 radical (unpaired) electrons. The lowest BCUT2D eigenvalue weighted by Gasteiger charge is -2.30. The molecule has 0 unspecified atom stereocenters. The van der Waals surface area contributed by atoms with E-state index in [1.165, 1.54) is 11.3 Å². The Hall–Kier alpha value is -1.84. The van der Waals surface area contributed by atoms with Crippen molar-refractivity contribution in [2.24, 2.45) is 5.92 Å². The molecule has 1 N–H and O–H groups in total. The Labute approximate surface area is 166 Å². The highest BCUT2D eigenvalue weighted by Gasteiger charge is 2.26. The van der Waals surface area contributed by atoms with E-state index in [1.807, 2.05) is 6.92 Å². The van der Waals surface area contributed by atoms with Crippen molar-refractivity contribution < 1.29 is 14.3 Å². The molecule has 3 rings (SSSR count). The van der Waals surface area contributed by atoms with Crippen LogP contribution < -0.4 is 5.32 Å². The molecule has 0 spiro atoms.